The molecule has 8 heteroatoms. The van der Waals surface area contributed by atoms with E-state index in [2.05, 4.69) is 4.40 Å². The van der Waals surface area contributed by atoms with Crippen molar-refractivity contribution in [1.29, 1.82) is 0 Å². The lowest BCUT2D eigenvalue weighted by Gasteiger charge is -2.32. The fraction of sp³-hybridized carbons (Fsp3) is 0.300. The van der Waals surface area contributed by atoms with Crippen LogP contribution in [0.3, 0.4) is 0 Å². The van der Waals surface area contributed by atoms with Crippen LogP contribution in [0.4, 0.5) is 0 Å². The summed E-state index contributed by atoms with van der Waals surface area (Å²) < 4.78 is 33.9. The molecule has 6 nitrogen and oxygen atoms in total. The van der Waals surface area contributed by atoms with Gasteiger partial charge in [-0.05, 0) is 49.6 Å². The molecular formula is C20H19ClN2O4S. The second-order valence-electron chi connectivity index (χ2n) is 7.00. The summed E-state index contributed by atoms with van der Waals surface area (Å²) in [4.78, 5) is 14.7. The van der Waals surface area contributed by atoms with Gasteiger partial charge in [0.05, 0.1) is 10.9 Å². The van der Waals surface area contributed by atoms with Crippen molar-refractivity contribution in [3.63, 3.8) is 0 Å². The third-order valence-corrected chi connectivity index (χ3v) is 6.67. The number of benzene rings is 2. The summed E-state index contributed by atoms with van der Waals surface area (Å²) in [6.45, 7) is 2.97. The largest absolute Gasteiger partial charge is 0.425 e. The molecule has 0 spiro atoms. The average Bonchev–Trinajstić information content (AvgIpc) is 2.96. The number of ether oxygens (including phenoxy) is 1. The number of amidine groups is 1. The number of hydrogen-bond acceptors (Lipinski definition) is 5. The number of rotatable bonds is 2. The van der Waals surface area contributed by atoms with Crippen LogP contribution in [0, 0.1) is 12.8 Å². The number of aryl methyl sites for hydroxylation is 1. The lowest BCUT2D eigenvalue weighted by molar-refractivity contribution is -0.140. The first-order valence-electron chi connectivity index (χ1n) is 9.02. The second-order valence-corrected chi connectivity index (χ2v) is 8.98. The van der Waals surface area contributed by atoms with Gasteiger partial charge in [0.25, 0.3) is 10.0 Å². The van der Waals surface area contributed by atoms with Gasteiger partial charge in [-0.15, -0.1) is 4.40 Å². The average molecular weight is 419 g/mol. The van der Waals surface area contributed by atoms with Gasteiger partial charge in [-0.1, -0.05) is 29.8 Å². The Morgan fingerprint density at radius 3 is 2.64 bits per heavy atom. The summed E-state index contributed by atoms with van der Waals surface area (Å²) in [6, 6.07) is 12.1. The van der Waals surface area contributed by atoms with Crippen molar-refractivity contribution in [3.8, 4) is 5.75 Å². The molecule has 0 aromatic heterocycles. The Morgan fingerprint density at radius 2 is 1.89 bits per heavy atom. The van der Waals surface area contributed by atoms with E-state index in [0.29, 0.717) is 48.1 Å². The maximum Gasteiger partial charge on any atom is 0.314 e. The topological polar surface area (TPSA) is 76.0 Å². The molecule has 2 heterocycles. The molecule has 0 saturated carbocycles. The highest BCUT2D eigenvalue weighted by Gasteiger charge is 2.35. The van der Waals surface area contributed by atoms with Crippen molar-refractivity contribution in [2.45, 2.75) is 24.7 Å². The van der Waals surface area contributed by atoms with E-state index in [4.69, 9.17) is 16.3 Å². The van der Waals surface area contributed by atoms with Crippen LogP contribution < -0.4 is 4.74 Å². The number of piperidine rings is 1. The number of esters is 1. The van der Waals surface area contributed by atoms with Crippen molar-refractivity contribution in [2.24, 2.45) is 10.3 Å². The predicted octanol–water partition coefficient (Wildman–Crippen LogP) is 3.41. The molecule has 0 unspecified atom stereocenters. The predicted molar refractivity (Wildman–Crippen MR) is 106 cm³/mol. The Morgan fingerprint density at radius 1 is 1.18 bits per heavy atom. The Labute approximate surface area is 168 Å². The van der Waals surface area contributed by atoms with Crippen molar-refractivity contribution < 1.29 is 17.9 Å². The molecule has 1 saturated heterocycles. The van der Waals surface area contributed by atoms with Crippen molar-refractivity contribution in [1.82, 2.24) is 4.90 Å². The molecule has 28 heavy (non-hydrogen) atoms. The van der Waals surface area contributed by atoms with E-state index >= 15 is 0 Å². The molecule has 0 N–H and O–H groups in total. The van der Waals surface area contributed by atoms with Gasteiger partial charge in [0, 0.05) is 18.7 Å². The highest BCUT2D eigenvalue weighted by Crippen LogP contribution is 2.31. The Kier molecular flexibility index (Phi) is 4.89. The number of sulfonamides is 1. The summed E-state index contributed by atoms with van der Waals surface area (Å²) in [5, 5.41) is 0.401. The minimum absolute atomic E-state index is 0.237. The van der Waals surface area contributed by atoms with E-state index in [9.17, 15) is 13.2 Å². The summed E-state index contributed by atoms with van der Waals surface area (Å²) in [5.41, 5.74) is 1.58. The van der Waals surface area contributed by atoms with Gasteiger partial charge >= 0.3 is 5.97 Å². The third kappa shape index (κ3) is 3.52. The van der Waals surface area contributed by atoms with Crippen LogP contribution >= 0.6 is 11.6 Å². The fourth-order valence-corrected chi connectivity index (χ4v) is 4.91. The second kappa shape index (κ2) is 7.22. The molecule has 1 fully saturated rings. The molecule has 0 atom stereocenters. The van der Waals surface area contributed by atoms with Gasteiger partial charge in [-0.2, -0.15) is 8.42 Å². The molecule has 0 radical (unpaired) electrons. The number of fused-ring (bicyclic) bond motifs is 1. The van der Waals surface area contributed by atoms with E-state index in [0.717, 1.165) is 5.56 Å². The highest BCUT2D eigenvalue weighted by atomic mass is 35.5. The molecule has 146 valence electrons. The van der Waals surface area contributed by atoms with Crippen LogP contribution in [0.5, 0.6) is 5.75 Å². The summed E-state index contributed by atoms with van der Waals surface area (Å²) in [7, 11) is -3.64. The lowest BCUT2D eigenvalue weighted by atomic mass is 9.96. The zero-order chi connectivity index (χ0) is 19.9. The molecule has 0 bridgehead atoms. The molecular weight excluding hydrogens is 400 g/mol. The number of nitrogens with zero attached hydrogens (tertiary/aromatic N) is 2. The van der Waals surface area contributed by atoms with Crippen LogP contribution in [0.1, 0.15) is 24.0 Å². The lowest BCUT2D eigenvalue weighted by Crippen LogP contribution is -2.41. The monoisotopic (exact) mass is 418 g/mol. The maximum atomic E-state index is 12.5. The van der Waals surface area contributed by atoms with Crippen LogP contribution in [0.25, 0.3) is 0 Å². The van der Waals surface area contributed by atoms with Gasteiger partial charge in [0.15, 0.2) is 5.84 Å². The standard InChI is InChI=1S/C20H19ClN2O4S/c1-13-6-7-16(21)17(12-13)27-20(24)14-8-10-23(11-9-14)19-15-4-2-3-5-18(15)28(25,26)22-19/h2-7,12,14H,8-11H2,1H3. The van der Waals surface area contributed by atoms with E-state index in [1.807, 2.05) is 17.9 Å². The smallest absolute Gasteiger partial charge is 0.314 e. The number of halogens is 1. The number of likely N-dealkylation sites (tertiary alicyclic amines) is 1. The van der Waals surface area contributed by atoms with Crippen molar-refractivity contribution >= 4 is 33.4 Å². The van der Waals surface area contributed by atoms with E-state index in [1.165, 1.54) is 0 Å². The van der Waals surface area contributed by atoms with Crippen molar-refractivity contribution in [2.75, 3.05) is 13.1 Å². The van der Waals surface area contributed by atoms with E-state index in [1.54, 1.807) is 36.4 Å². The summed E-state index contributed by atoms with van der Waals surface area (Å²) in [6.07, 6.45) is 1.12. The summed E-state index contributed by atoms with van der Waals surface area (Å²) in [5.74, 6) is 0.258. The first kappa shape index (κ1) is 19.0. The Bertz CT molecular complexity index is 1070. The highest BCUT2D eigenvalue weighted by molar-refractivity contribution is 7.90. The van der Waals surface area contributed by atoms with Crippen molar-refractivity contribution in [3.05, 3.63) is 58.6 Å². The number of hydrogen-bond donors (Lipinski definition) is 0. The number of carbonyl (C=O) groups excluding carboxylic acids is 1. The van der Waals surface area contributed by atoms with Crippen LogP contribution in [-0.2, 0) is 14.8 Å². The van der Waals surface area contributed by atoms with Gasteiger partial charge in [0.1, 0.15) is 10.6 Å². The normalized spacial score (nSPS) is 18.5. The molecule has 4 rings (SSSR count). The summed E-state index contributed by atoms with van der Waals surface area (Å²) >= 11 is 6.11. The Hall–Kier alpha value is -2.38. The molecule has 0 aliphatic carbocycles. The SMILES string of the molecule is Cc1ccc(Cl)c(OC(=O)C2CCN(C3=NS(=O)(=O)c4ccccc43)CC2)c1. The third-order valence-electron chi connectivity index (χ3n) is 5.04. The van der Waals surface area contributed by atoms with Gasteiger partial charge in [0.2, 0.25) is 0 Å². The minimum Gasteiger partial charge on any atom is -0.425 e. The van der Waals surface area contributed by atoms with Gasteiger partial charge in [-0.3, -0.25) is 4.79 Å². The van der Waals surface area contributed by atoms with Gasteiger partial charge in [-0.25, -0.2) is 0 Å². The molecule has 2 aromatic carbocycles. The zero-order valence-electron chi connectivity index (χ0n) is 15.3. The zero-order valence-corrected chi connectivity index (χ0v) is 16.8. The molecule has 2 aliphatic heterocycles. The van der Waals surface area contributed by atoms with Crippen LogP contribution in [-0.4, -0.2) is 38.2 Å². The molecule has 2 aliphatic rings. The van der Waals surface area contributed by atoms with Crippen LogP contribution in [0.2, 0.25) is 5.02 Å². The fourth-order valence-electron chi connectivity index (χ4n) is 3.52. The molecule has 0 amide bonds. The Balaban J connectivity index is 1.44. The van der Waals surface area contributed by atoms with E-state index in [-0.39, 0.29) is 16.8 Å². The minimum atomic E-state index is -3.64. The first-order chi connectivity index (χ1) is 13.3. The first-order valence-corrected chi connectivity index (χ1v) is 10.8. The van der Waals surface area contributed by atoms with Crippen LogP contribution in [0.15, 0.2) is 51.8 Å². The molecule has 2 aromatic rings. The number of carbonyl (C=O) groups is 1. The maximum absolute atomic E-state index is 12.5. The quantitative estimate of drug-likeness (QED) is 0.551. The van der Waals surface area contributed by atoms with Gasteiger partial charge < -0.3 is 9.64 Å². The van der Waals surface area contributed by atoms with E-state index < -0.39 is 10.0 Å².